The van der Waals surface area contributed by atoms with E-state index in [4.69, 9.17) is 11.6 Å². The van der Waals surface area contributed by atoms with E-state index in [1.54, 1.807) is 16.2 Å². The highest BCUT2D eigenvalue weighted by Crippen LogP contribution is 2.23. The molecule has 2 aromatic rings. The van der Waals surface area contributed by atoms with Gasteiger partial charge in [0.25, 0.3) is 0 Å². The standard InChI is InChI=1S/C10H11BrClN5S/c1-17(2)10-15-8(12)14-9(16-10)13-5-7-6(11)3-4-18-7/h3-4H,5H2,1-2H3,(H,13,14,15,16). The first-order valence-corrected chi connectivity index (χ1v) is 7.16. The van der Waals surface area contributed by atoms with Crippen LogP contribution >= 0.6 is 38.9 Å². The zero-order chi connectivity index (χ0) is 13.1. The summed E-state index contributed by atoms with van der Waals surface area (Å²) >= 11 is 11.0. The fraction of sp³-hybridized carbons (Fsp3) is 0.300. The van der Waals surface area contributed by atoms with Crippen LogP contribution in [0.2, 0.25) is 5.28 Å². The lowest BCUT2D eigenvalue weighted by atomic mass is 10.5. The number of nitrogens with one attached hydrogen (secondary N) is 1. The van der Waals surface area contributed by atoms with Crippen molar-refractivity contribution in [3.63, 3.8) is 0 Å². The Morgan fingerprint density at radius 3 is 2.78 bits per heavy atom. The van der Waals surface area contributed by atoms with E-state index in [1.807, 2.05) is 25.5 Å². The average Bonchev–Trinajstić information content (AvgIpc) is 2.71. The summed E-state index contributed by atoms with van der Waals surface area (Å²) in [5.41, 5.74) is 0. The predicted octanol–water partition coefficient (Wildman–Crippen LogP) is 3.03. The Morgan fingerprint density at radius 1 is 1.39 bits per heavy atom. The molecule has 0 saturated heterocycles. The van der Waals surface area contributed by atoms with Gasteiger partial charge in [0.15, 0.2) is 0 Å². The molecule has 2 aromatic heterocycles. The van der Waals surface area contributed by atoms with E-state index in [-0.39, 0.29) is 5.28 Å². The average molecular weight is 349 g/mol. The van der Waals surface area contributed by atoms with Gasteiger partial charge in [-0.05, 0) is 39.0 Å². The van der Waals surface area contributed by atoms with Crippen LogP contribution in [0, 0.1) is 0 Å². The zero-order valence-corrected chi connectivity index (χ0v) is 13.0. The van der Waals surface area contributed by atoms with Crippen LogP contribution in [0.25, 0.3) is 0 Å². The molecule has 0 aliphatic heterocycles. The monoisotopic (exact) mass is 347 g/mol. The molecule has 0 aromatic carbocycles. The number of nitrogens with zero attached hydrogens (tertiary/aromatic N) is 4. The van der Waals surface area contributed by atoms with Crippen molar-refractivity contribution in [1.29, 1.82) is 0 Å². The first-order chi connectivity index (χ1) is 8.56. The molecular formula is C10H11BrClN5S. The van der Waals surface area contributed by atoms with Gasteiger partial charge in [-0.1, -0.05) is 0 Å². The van der Waals surface area contributed by atoms with Crippen LogP contribution in [-0.2, 0) is 6.54 Å². The van der Waals surface area contributed by atoms with Crippen LogP contribution < -0.4 is 10.2 Å². The van der Waals surface area contributed by atoms with E-state index in [0.29, 0.717) is 18.4 Å². The number of hydrogen-bond donors (Lipinski definition) is 1. The van der Waals surface area contributed by atoms with Gasteiger partial charge in [-0.15, -0.1) is 11.3 Å². The van der Waals surface area contributed by atoms with Crippen molar-refractivity contribution in [2.75, 3.05) is 24.3 Å². The molecule has 0 saturated carbocycles. The van der Waals surface area contributed by atoms with E-state index >= 15 is 0 Å². The number of rotatable bonds is 4. The van der Waals surface area contributed by atoms with Gasteiger partial charge < -0.3 is 10.2 Å². The quantitative estimate of drug-likeness (QED) is 0.920. The molecule has 0 spiro atoms. The van der Waals surface area contributed by atoms with E-state index in [9.17, 15) is 0 Å². The molecule has 0 bridgehead atoms. The van der Waals surface area contributed by atoms with Gasteiger partial charge >= 0.3 is 0 Å². The molecule has 2 rings (SSSR count). The number of thiophene rings is 1. The number of halogens is 2. The molecule has 0 radical (unpaired) electrons. The zero-order valence-electron chi connectivity index (χ0n) is 9.81. The van der Waals surface area contributed by atoms with Crippen molar-refractivity contribution >= 4 is 50.8 Å². The van der Waals surface area contributed by atoms with Crippen molar-refractivity contribution in [3.8, 4) is 0 Å². The van der Waals surface area contributed by atoms with Crippen LogP contribution in [-0.4, -0.2) is 29.0 Å². The molecule has 2 heterocycles. The van der Waals surface area contributed by atoms with Gasteiger partial charge in [-0.2, -0.15) is 15.0 Å². The molecule has 0 aliphatic carbocycles. The van der Waals surface area contributed by atoms with E-state index < -0.39 is 0 Å². The number of hydrogen-bond acceptors (Lipinski definition) is 6. The Kier molecular flexibility index (Phi) is 4.36. The summed E-state index contributed by atoms with van der Waals surface area (Å²) in [6.45, 7) is 0.644. The summed E-state index contributed by atoms with van der Waals surface area (Å²) < 4.78 is 1.08. The normalized spacial score (nSPS) is 10.4. The molecule has 0 amide bonds. The SMILES string of the molecule is CN(C)c1nc(Cl)nc(NCc2sccc2Br)n1. The highest BCUT2D eigenvalue weighted by Gasteiger charge is 2.07. The largest absolute Gasteiger partial charge is 0.349 e. The van der Waals surface area contributed by atoms with Crippen molar-refractivity contribution in [1.82, 2.24) is 15.0 Å². The minimum Gasteiger partial charge on any atom is -0.349 e. The second kappa shape index (κ2) is 5.81. The van der Waals surface area contributed by atoms with E-state index in [0.717, 1.165) is 4.47 Å². The lowest BCUT2D eigenvalue weighted by molar-refractivity contribution is 0.944. The minimum atomic E-state index is 0.182. The second-order valence-electron chi connectivity index (χ2n) is 3.67. The summed E-state index contributed by atoms with van der Waals surface area (Å²) in [5, 5.41) is 5.33. The Balaban J connectivity index is 2.12. The molecule has 0 fully saturated rings. The van der Waals surface area contributed by atoms with E-state index in [1.165, 1.54) is 4.88 Å². The Morgan fingerprint density at radius 2 is 2.17 bits per heavy atom. The second-order valence-corrected chi connectivity index (χ2v) is 5.86. The molecule has 5 nitrogen and oxygen atoms in total. The van der Waals surface area contributed by atoms with Gasteiger partial charge in [0.05, 0.1) is 6.54 Å². The number of aromatic nitrogens is 3. The lowest BCUT2D eigenvalue weighted by Gasteiger charge is -2.11. The Hall–Kier alpha value is -0.920. The van der Waals surface area contributed by atoms with Gasteiger partial charge in [0, 0.05) is 23.4 Å². The first kappa shape index (κ1) is 13.5. The summed E-state index contributed by atoms with van der Waals surface area (Å²) in [5.74, 6) is 1.00. The first-order valence-electron chi connectivity index (χ1n) is 5.11. The predicted molar refractivity (Wildman–Crippen MR) is 78.5 cm³/mol. The van der Waals surface area contributed by atoms with Gasteiger partial charge in [0.1, 0.15) is 0 Å². The molecule has 0 unspecified atom stereocenters. The van der Waals surface area contributed by atoms with Crippen molar-refractivity contribution < 1.29 is 0 Å². The highest BCUT2D eigenvalue weighted by atomic mass is 79.9. The molecule has 0 atom stereocenters. The molecule has 1 N–H and O–H groups in total. The molecule has 8 heteroatoms. The smallest absolute Gasteiger partial charge is 0.230 e. The summed E-state index contributed by atoms with van der Waals surface area (Å²) in [7, 11) is 3.70. The maximum absolute atomic E-state index is 5.85. The molecule has 96 valence electrons. The van der Waals surface area contributed by atoms with Gasteiger partial charge in [-0.25, -0.2) is 0 Å². The van der Waals surface area contributed by atoms with Crippen molar-refractivity contribution in [3.05, 3.63) is 26.1 Å². The fourth-order valence-electron chi connectivity index (χ4n) is 1.23. The summed E-state index contributed by atoms with van der Waals surface area (Å²) in [6, 6.07) is 2.01. The molecule has 18 heavy (non-hydrogen) atoms. The molecule has 0 aliphatic rings. The minimum absolute atomic E-state index is 0.182. The van der Waals surface area contributed by atoms with Crippen molar-refractivity contribution in [2.45, 2.75) is 6.54 Å². The highest BCUT2D eigenvalue weighted by molar-refractivity contribution is 9.10. The van der Waals surface area contributed by atoms with Gasteiger partial charge in [0.2, 0.25) is 17.2 Å². The fourth-order valence-corrected chi connectivity index (χ4v) is 2.82. The van der Waals surface area contributed by atoms with Crippen LogP contribution in [0.4, 0.5) is 11.9 Å². The third-order valence-electron chi connectivity index (χ3n) is 2.09. The Labute approximate surface area is 122 Å². The third-order valence-corrected chi connectivity index (χ3v) is 4.19. The van der Waals surface area contributed by atoms with Crippen LogP contribution in [0.15, 0.2) is 15.9 Å². The summed E-state index contributed by atoms with van der Waals surface area (Å²) in [6.07, 6.45) is 0. The van der Waals surface area contributed by atoms with Crippen molar-refractivity contribution in [2.24, 2.45) is 0 Å². The Bertz CT molecular complexity index is 545. The molecular weight excluding hydrogens is 338 g/mol. The van der Waals surface area contributed by atoms with E-state index in [2.05, 4.69) is 36.2 Å². The van der Waals surface area contributed by atoms with Crippen LogP contribution in [0.1, 0.15) is 4.88 Å². The maximum Gasteiger partial charge on any atom is 0.230 e. The lowest BCUT2D eigenvalue weighted by Crippen LogP contribution is -2.15. The maximum atomic E-state index is 5.85. The summed E-state index contributed by atoms with van der Waals surface area (Å²) in [4.78, 5) is 15.3. The topological polar surface area (TPSA) is 53.9 Å². The van der Waals surface area contributed by atoms with Crippen LogP contribution in [0.5, 0.6) is 0 Å². The third kappa shape index (κ3) is 3.30. The number of anilines is 2. The van der Waals surface area contributed by atoms with Gasteiger partial charge in [-0.3, -0.25) is 0 Å². The van der Waals surface area contributed by atoms with Crippen LogP contribution in [0.3, 0.4) is 0 Å².